The highest BCUT2D eigenvalue weighted by atomic mass is 79.9. The average Bonchev–Trinajstić information content (AvgIpc) is 1.96. The fourth-order valence-electron chi connectivity index (χ4n) is 0.688. The smallest absolute Gasteiger partial charge is 0.338 e. The molecule has 1 aromatic rings. The van der Waals surface area contributed by atoms with E-state index in [9.17, 15) is 4.39 Å². The summed E-state index contributed by atoms with van der Waals surface area (Å²) in [5, 5.41) is 0. The van der Waals surface area contributed by atoms with E-state index in [0.717, 1.165) is 0 Å². The normalized spacial score (nSPS) is 11.5. The summed E-state index contributed by atoms with van der Waals surface area (Å²) in [7, 11) is 0. The molecule has 0 fully saturated rings. The molecule has 0 aliphatic carbocycles. The largest absolute Gasteiger partial charge is 0.442 e. The molecule has 0 N–H and O–H groups in total. The van der Waals surface area contributed by atoms with Gasteiger partial charge in [0, 0.05) is 0 Å². The predicted molar refractivity (Wildman–Crippen MR) is 55.0 cm³/mol. The van der Waals surface area contributed by atoms with Crippen LogP contribution in [0.15, 0.2) is 22.7 Å². The molecular formula is C7H3BrCl3FO. The van der Waals surface area contributed by atoms with Crippen LogP contribution in [0.2, 0.25) is 0 Å². The van der Waals surface area contributed by atoms with E-state index in [2.05, 4.69) is 15.9 Å². The van der Waals surface area contributed by atoms with Crippen LogP contribution in [0.4, 0.5) is 4.39 Å². The zero-order chi connectivity index (χ0) is 10.1. The highest BCUT2D eigenvalue weighted by Crippen LogP contribution is 2.33. The van der Waals surface area contributed by atoms with Crippen LogP contribution in [0.25, 0.3) is 0 Å². The van der Waals surface area contributed by atoms with Crippen LogP contribution in [0.3, 0.4) is 0 Å². The Morgan fingerprint density at radius 2 is 1.92 bits per heavy atom. The predicted octanol–water partition coefficient (Wildman–Crippen LogP) is 4.29. The lowest BCUT2D eigenvalue weighted by molar-refractivity contribution is 0.302. The minimum atomic E-state index is -1.96. The highest BCUT2D eigenvalue weighted by Gasteiger charge is 2.23. The lowest BCUT2D eigenvalue weighted by Crippen LogP contribution is -2.13. The summed E-state index contributed by atoms with van der Waals surface area (Å²) in [5.74, 6) is -0.719. The van der Waals surface area contributed by atoms with Crippen molar-refractivity contribution in [3.05, 3.63) is 28.5 Å². The summed E-state index contributed by atoms with van der Waals surface area (Å²) in [6.45, 7) is 0. The monoisotopic (exact) mass is 306 g/mol. The summed E-state index contributed by atoms with van der Waals surface area (Å²) < 4.78 is 16.2. The van der Waals surface area contributed by atoms with Crippen molar-refractivity contribution in [1.82, 2.24) is 0 Å². The Labute approximate surface area is 97.9 Å². The van der Waals surface area contributed by atoms with E-state index in [4.69, 9.17) is 39.5 Å². The van der Waals surface area contributed by atoms with Crippen LogP contribution in [-0.4, -0.2) is 3.98 Å². The Morgan fingerprint density at radius 1 is 1.31 bits per heavy atom. The van der Waals surface area contributed by atoms with Crippen LogP contribution in [-0.2, 0) is 0 Å². The number of hydrogen-bond acceptors (Lipinski definition) is 1. The van der Waals surface area contributed by atoms with Gasteiger partial charge in [0.1, 0.15) is 0 Å². The lowest BCUT2D eigenvalue weighted by Gasteiger charge is -2.14. The summed E-state index contributed by atoms with van der Waals surface area (Å²) in [4.78, 5) is 0. The standard InChI is InChI=1S/C7H3BrCl3FO/c8-4-2-1-3-5(6(4)12)13-7(9,10)11/h1-3H. The molecular weight excluding hydrogens is 305 g/mol. The van der Waals surface area contributed by atoms with Crippen molar-refractivity contribution in [2.75, 3.05) is 0 Å². The maximum absolute atomic E-state index is 13.2. The zero-order valence-electron chi connectivity index (χ0n) is 6.03. The first kappa shape index (κ1) is 11.4. The van der Waals surface area contributed by atoms with Gasteiger partial charge in [0.2, 0.25) is 0 Å². The van der Waals surface area contributed by atoms with Crippen LogP contribution >= 0.6 is 50.7 Å². The number of alkyl halides is 3. The van der Waals surface area contributed by atoms with Crippen LogP contribution in [0.1, 0.15) is 0 Å². The maximum atomic E-state index is 13.2. The van der Waals surface area contributed by atoms with Crippen LogP contribution in [0.5, 0.6) is 5.75 Å². The SMILES string of the molecule is Fc1c(Br)cccc1OC(Cl)(Cl)Cl. The summed E-state index contributed by atoms with van der Waals surface area (Å²) in [6, 6.07) is 4.45. The molecule has 0 aliphatic heterocycles. The minimum absolute atomic E-state index is 0.116. The second kappa shape index (κ2) is 4.22. The Bertz CT molecular complexity index is 313. The topological polar surface area (TPSA) is 9.23 Å². The van der Waals surface area contributed by atoms with E-state index in [0.29, 0.717) is 0 Å². The molecule has 0 unspecified atom stereocenters. The fourth-order valence-corrected chi connectivity index (χ4v) is 1.28. The molecule has 0 bridgehead atoms. The van der Waals surface area contributed by atoms with Gasteiger partial charge in [-0.1, -0.05) is 6.07 Å². The number of rotatable bonds is 1. The van der Waals surface area contributed by atoms with Gasteiger partial charge in [-0.05, 0) is 62.9 Å². The Morgan fingerprint density at radius 3 is 2.46 bits per heavy atom. The van der Waals surface area contributed by atoms with Crippen LogP contribution in [0, 0.1) is 5.82 Å². The van der Waals surface area contributed by atoms with Crippen molar-refractivity contribution in [1.29, 1.82) is 0 Å². The summed E-state index contributed by atoms with van der Waals surface area (Å²) in [5.41, 5.74) is 0. The Kier molecular flexibility index (Phi) is 3.69. The van der Waals surface area contributed by atoms with Gasteiger partial charge in [-0.15, -0.1) is 0 Å². The summed E-state index contributed by atoms with van der Waals surface area (Å²) in [6.07, 6.45) is 0. The van der Waals surface area contributed by atoms with Gasteiger partial charge in [0.05, 0.1) is 4.47 Å². The Hall–Kier alpha value is 0.300. The molecule has 0 saturated heterocycles. The molecule has 13 heavy (non-hydrogen) atoms. The van der Waals surface area contributed by atoms with E-state index in [-0.39, 0.29) is 10.2 Å². The number of benzene rings is 1. The molecule has 6 heteroatoms. The first-order valence-corrected chi connectivity index (χ1v) is 5.02. The molecule has 0 aliphatic rings. The molecule has 0 amide bonds. The molecule has 1 rings (SSSR count). The number of hydrogen-bond donors (Lipinski definition) is 0. The van der Waals surface area contributed by atoms with Gasteiger partial charge in [-0.25, -0.2) is 4.39 Å². The van der Waals surface area contributed by atoms with Crippen molar-refractivity contribution in [2.24, 2.45) is 0 Å². The van der Waals surface area contributed by atoms with Crippen molar-refractivity contribution in [3.63, 3.8) is 0 Å². The van der Waals surface area contributed by atoms with Gasteiger partial charge in [-0.2, -0.15) is 0 Å². The van der Waals surface area contributed by atoms with E-state index in [1.54, 1.807) is 6.07 Å². The van der Waals surface area contributed by atoms with E-state index >= 15 is 0 Å². The third-order valence-electron chi connectivity index (χ3n) is 1.14. The van der Waals surface area contributed by atoms with Gasteiger partial charge in [0.15, 0.2) is 11.6 Å². The Balaban J connectivity index is 2.96. The maximum Gasteiger partial charge on any atom is 0.338 e. The molecule has 0 spiro atoms. The molecule has 72 valence electrons. The van der Waals surface area contributed by atoms with Gasteiger partial charge in [0.25, 0.3) is 0 Å². The molecule has 0 saturated carbocycles. The molecule has 1 nitrogen and oxygen atoms in total. The van der Waals surface area contributed by atoms with E-state index in [1.807, 2.05) is 0 Å². The van der Waals surface area contributed by atoms with Crippen molar-refractivity contribution in [3.8, 4) is 5.75 Å². The van der Waals surface area contributed by atoms with Gasteiger partial charge < -0.3 is 4.74 Å². The molecule has 0 aromatic heterocycles. The molecule has 0 radical (unpaired) electrons. The second-order valence-electron chi connectivity index (χ2n) is 2.10. The molecule has 1 aromatic carbocycles. The summed E-state index contributed by atoms with van der Waals surface area (Å²) >= 11 is 18.9. The van der Waals surface area contributed by atoms with Gasteiger partial charge in [-0.3, -0.25) is 0 Å². The third-order valence-corrected chi connectivity index (χ3v) is 1.99. The number of halogens is 5. The fraction of sp³-hybridized carbons (Fsp3) is 0.143. The number of ether oxygens (including phenoxy) is 1. The van der Waals surface area contributed by atoms with Gasteiger partial charge >= 0.3 is 3.98 Å². The molecule has 0 heterocycles. The van der Waals surface area contributed by atoms with E-state index < -0.39 is 9.80 Å². The average molecular weight is 308 g/mol. The van der Waals surface area contributed by atoms with Crippen molar-refractivity contribution < 1.29 is 9.13 Å². The zero-order valence-corrected chi connectivity index (χ0v) is 9.88. The third kappa shape index (κ3) is 3.50. The first-order chi connectivity index (χ1) is 5.90. The van der Waals surface area contributed by atoms with E-state index in [1.165, 1.54) is 12.1 Å². The minimum Gasteiger partial charge on any atom is -0.442 e. The quantitative estimate of drug-likeness (QED) is 0.703. The van der Waals surface area contributed by atoms with Crippen molar-refractivity contribution in [2.45, 2.75) is 3.98 Å². The van der Waals surface area contributed by atoms with Crippen LogP contribution < -0.4 is 4.74 Å². The lowest BCUT2D eigenvalue weighted by atomic mass is 10.3. The highest BCUT2D eigenvalue weighted by molar-refractivity contribution is 9.10. The second-order valence-corrected chi connectivity index (χ2v) is 5.13. The first-order valence-electron chi connectivity index (χ1n) is 3.10. The molecule has 0 atom stereocenters. The van der Waals surface area contributed by atoms with Crippen molar-refractivity contribution >= 4 is 50.7 Å².